The third kappa shape index (κ3) is 4.79. The Hall–Kier alpha value is -2.38. The van der Waals surface area contributed by atoms with E-state index in [9.17, 15) is 13.2 Å². The zero-order valence-corrected chi connectivity index (χ0v) is 18.0. The molecule has 0 radical (unpaired) electrons. The number of amides is 1. The molecule has 0 aromatic heterocycles. The molecule has 3 rings (SSSR count). The first-order chi connectivity index (χ1) is 13.8. The van der Waals surface area contributed by atoms with E-state index < -0.39 is 10.0 Å². The topological polar surface area (TPSA) is 75.7 Å². The summed E-state index contributed by atoms with van der Waals surface area (Å²) in [6, 6.07) is 12.3. The van der Waals surface area contributed by atoms with Crippen LogP contribution in [0.5, 0.6) is 5.75 Å². The minimum Gasteiger partial charge on any atom is -0.496 e. The highest BCUT2D eigenvalue weighted by Crippen LogP contribution is 2.27. The van der Waals surface area contributed by atoms with E-state index in [4.69, 9.17) is 4.74 Å². The second-order valence-electron chi connectivity index (χ2n) is 7.56. The lowest BCUT2D eigenvalue weighted by molar-refractivity contribution is 0.0947. The van der Waals surface area contributed by atoms with Gasteiger partial charge >= 0.3 is 0 Å². The average molecular weight is 417 g/mol. The van der Waals surface area contributed by atoms with Gasteiger partial charge in [0.2, 0.25) is 10.0 Å². The number of rotatable bonds is 6. The summed E-state index contributed by atoms with van der Waals surface area (Å²) >= 11 is 0. The van der Waals surface area contributed by atoms with E-state index in [0.29, 0.717) is 31.3 Å². The molecule has 0 bridgehead atoms. The number of hydrogen-bond donors (Lipinski definition) is 1. The lowest BCUT2D eigenvalue weighted by Gasteiger charge is -2.29. The summed E-state index contributed by atoms with van der Waals surface area (Å²) in [5.74, 6) is 0.507. The first-order valence-electron chi connectivity index (χ1n) is 9.84. The summed E-state index contributed by atoms with van der Waals surface area (Å²) in [5, 5.41) is 2.87. The van der Waals surface area contributed by atoms with E-state index in [-0.39, 0.29) is 16.4 Å². The minimum atomic E-state index is -3.64. The third-order valence-electron chi connectivity index (χ3n) is 5.50. The molecular weight excluding hydrogens is 388 g/mol. The predicted octanol–water partition coefficient (Wildman–Crippen LogP) is 3.35. The summed E-state index contributed by atoms with van der Waals surface area (Å²) in [5.41, 5.74) is 2.30. The van der Waals surface area contributed by atoms with Crippen molar-refractivity contribution in [1.82, 2.24) is 9.62 Å². The Morgan fingerprint density at radius 2 is 1.86 bits per heavy atom. The van der Waals surface area contributed by atoms with Gasteiger partial charge in [0.25, 0.3) is 5.91 Å². The Labute approximate surface area is 172 Å². The largest absolute Gasteiger partial charge is 0.496 e. The maximum Gasteiger partial charge on any atom is 0.255 e. The molecule has 1 aliphatic rings. The Morgan fingerprint density at radius 1 is 1.17 bits per heavy atom. The van der Waals surface area contributed by atoms with Crippen LogP contribution in [0.2, 0.25) is 0 Å². The van der Waals surface area contributed by atoms with Gasteiger partial charge in [-0.15, -0.1) is 0 Å². The third-order valence-corrected chi connectivity index (χ3v) is 7.39. The summed E-state index contributed by atoms with van der Waals surface area (Å²) in [4.78, 5) is 12.9. The molecule has 29 heavy (non-hydrogen) atoms. The van der Waals surface area contributed by atoms with Crippen LogP contribution in [-0.2, 0) is 16.6 Å². The van der Waals surface area contributed by atoms with Crippen molar-refractivity contribution in [2.24, 2.45) is 5.92 Å². The normalized spacial score (nSPS) is 15.8. The zero-order valence-electron chi connectivity index (χ0n) is 17.1. The molecule has 0 spiro atoms. The molecule has 0 saturated carbocycles. The van der Waals surface area contributed by atoms with Gasteiger partial charge in [0.15, 0.2) is 0 Å². The van der Waals surface area contributed by atoms with Gasteiger partial charge in [-0.25, -0.2) is 8.42 Å². The van der Waals surface area contributed by atoms with Gasteiger partial charge in [0, 0.05) is 19.6 Å². The first-order valence-corrected chi connectivity index (χ1v) is 11.3. The van der Waals surface area contributed by atoms with Crippen molar-refractivity contribution in [3.05, 3.63) is 59.2 Å². The molecule has 7 heteroatoms. The number of nitrogens with zero attached hydrogens (tertiary/aromatic N) is 1. The molecule has 1 amide bonds. The molecule has 2 aromatic rings. The quantitative estimate of drug-likeness (QED) is 0.784. The van der Waals surface area contributed by atoms with Crippen LogP contribution in [0.15, 0.2) is 47.4 Å². The highest BCUT2D eigenvalue weighted by molar-refractivity contribution is 7.89. The van der Waals surface area contributed by atoms with Crippen LogP contribution >= 0.6 is 0 Å². The second-order valence-corrected chi connectivity index (χ2v) is 9.50. The number of ether oxygens (including phenoxy) is 1. The van der Waals surface area contributed by atoms with Crippen LogP contribution in [0, 0.1) is 12.8 Å². The van der Waals surface area contributed by atoms with Crippen LogP contribution in [-0.4, -0.2) is 38.8 Å². The number of nitrogens with one attached hydrogen (secondary N) is 1. The molecule has 1 saturated heterocycles. The van der Waals surface area contributed by atoms with Crippen molar-refractivity contribution in [2.45, 2.75) is 38.1 Å². The Morgan fingerprint density at radius 3 is 2.52 bits per heavy atom. The van der Waals surface area contributed by atoms with Gasteiger partial charge in [0.1, 0.15) is 5.75 Å². The highest BCUT2D eigenvalue weighted by Gasteiger charge is 2.29. The Balaban J connectivity index is 1.83. The Bertz CT molecular complexity index is 980. The fraction of sp³-hybridized carbons (Fsp3) is 0.409. The van der Waals surface area contributed by atoms with Crippen LogP contribution in [0.4, 0.5) is 0 Å². The zero-order chi connectivity index (χ0) is 21.0. The fourth-order valence-electron chi connectivity index (χ4n) is 3.48. The number of piperidine rings is 1. The van der Waals surface area contributed by atoms with E-state index in [1.54, 1.807) is 6.07 Å². The van der Waals surface area contributed by atoms with E-state index in [1.807, 2.05) is 31.2 Å². The van der Waals surface area contributed by atoms with Crippen LogP contribution in [0.1, 0.15) is 41.3 Å². The molecule has 0 aliphatic carbocycles. The summed E-state index contributed by atoms with van der Waals surface area (Å²) in [7, 11) is -2.18. The van der Waals surface area contributed by atoms with Crippen molar-refractivity contribution in [2.75, 3.05) is 20.2 Å². The standard InChI is InChI=1S/C22H28N2O4S/c1-16-10-12-24(13-11-16)29(26,27)19-8-9-21(28-3)20(14-19)22(25)23-15-18-7-5-4-6-17(18)2/h4-9,14,16H,10-13,15H2,1-3H3,(H,23,25). The van der Waals surface area contributed by atoms with Gasteiger partial charge in [-0.1, -0.05) is 31.2 Å². The summed E-state index contributed by atoms with van der Waals surface area (Å²) in [6.45, 7) is 5.48. The van der Waals surface area contributed by atoms with Crippen molar-refractivity contribution >= 4 is 15.9 Å². The molecule has 1 heterocycles. The molecule has 1 aliphatic heterocycles. The van der Waals surface area contributed by atoms with Crippen LogP contribution < -0.4 is 10.1 Å². The first kappa shape index (κ1) is 21.3. The van der Waals surface area contributed by atoms with Crippen molar-refractivity contribution in [1.29, 1.82) is 0 Å². The molecule has 0 atom stereocenters. The number of methoxy groups -OCH3 is 1. The average Bonchev–Trinajstić information content (AvgIpc) is 2.72. The summed E-state index contributed by atoms with van der Waals surface area (Å²) < 4.78 is 32.9. The number of sulfonamides is 1. The van der Waals surface area contributed by atoms with Crippen molar-refractivity contribution in [3.8, 4) is 5.75 Å². The lowest BCUT2D eigenvalue weighted by atomic mass is 10.0. The highest BCUT2D eigenvalue weighted by atomic mass is 32.2. The maximum absolute atomic E-state index is 13.0. The summed E-state index contributed by atoms with van der Waals surface area (Å²) in [6.07, 6.45) is 1.69. The van der Waals surface area contributed by atoms with E-state index in [2.05, 4.69) is 12.2 Å². The van der Waals surface area contributed by atoms with Gasteiger partial charge in [-0.2, -0.15) is 4.31 Å². The fourth-order valence-corrected chi connectivity index (χ4v) is 4.97. The second kappa shape index (κ2) is 8.97. The molecular formula is C22H28N2O4S. The van der Waals surface area contributed by atoms with Gasteiger partial charge in [-0.05, 0) is 55.0 Å². The molecule has 6 nitrogen and oxygen atoms in total. The van der Waals surface area contributed by atoms with Gasteiger partial charge in [0.05, 0.1) is 17.6 Å². The van der Waals surface area contributed by atoms with Crippen LogP contribution in [0.25, 0.3) is 0 Å². The lowest BCUT2D eigenvalue weighted by Crippen LogP contribution is -2.38. The SMILES string of the molecule is COc1ccc(S(=O)(=O)N2CCC(C)CC2)cc1C(=O)NCc1ccccc1C. The molecule has 2 aromatic carbocycles. The minimum absolute atomic E-state index is 0.119. The number of hydrogen-bond acceptors (Lipinski definition) is 4. The van der Waals surface area contributed by atoms with Crippen molar-refractivity contribution < 1.29 is 17.9 Å². The van der Waals surface area contributed by atoms with Crippen molar-refractivity contribution in [3.63, 3.8) is 0 Å². The molecule has 1 fully saturated rings. The number of carbonyl (C=O) groups is 1. The smallest absolute Gasteiger partial charge is 0.255 e. The number of aryl methyl sites for hydroxylation is 1. The van der Waals surface area contributed by atoms with E-state index in [1.165, 1.54) is 23.5 Å². The molecule has 0 unspecified atom stereocenters. The molecule has 1 N–H and O–H groups in total. The monoisotopic (exact) mass is 416 g/mol. The maximum atomic E-state index is 13.0. The van der Waals surface area contributed by atoms with Crippen LogP contribution in [0.3, 0.4) is 0 Å². The number of benzene rings is 2. The van der Waals surface area contributed by atoms with Gasteiger partial charge in [-0.3, -0.25) is 4.79 Å². The van der Waals surface area contributed by atoms with Gasteiger partial charge < -0.3 is 10.1 Å². The molecule has 156 valence electrons. The van der Waals surface area contributed by atoms with E-state index >= 15 is 0 Å². The Kier molecular flexibility index (Phi) is 6.59. The predicted molar refractivity (Wildman–Crippen MR) is 113 cm³/mol. The number of carbonyl (C=O) groups excluding carboxylic acids is 1. The van der Waals surface area contributed by atoms with E-state index in [0.717, 1.165) is 24.0 Å².